The molecule has 1 aliphatic heterocycles. The molecule has 0 bridgehead atoms. The molecular formula is C11H16N2O4. The molecule has 2 fully saturated rings. The predicted octanol–water partition coefficient (Wildman–Crippen LogP) is -1.15. The summed E-state index contributed by atoms with van der Waals surface area (Å²) in [6, 6.07) is -0.507. The van der Waals surface area contributed by atoms with Crippen LogP contribution in [-0.2, 0) is 9.59 Å². The number of nitrogens with one attached hydrogen (secondary N) is 2. The van der Waals surface area contributed by atoms with E-state index in [2.05, 4.69) is 17.2 Å². The molecule has 2 rings (SSSR count). The van der Waals surface area contributed by atoms with Gasteiger partial charge in [0.15, 0.2) is 0 Å². The standard InChI is InChI=1S/C11H16N2O4/c1-2-6-4-11(6,10(16)17)13-9(15)8-3-7(14)5-12-8/h2,6-8,12,14H,1,3-5H2,(H,13,15)(H,16,17). The summed E-state index contributed by atoms with van der Waals surface area (Å²) in [5.41, 5.74) is -1.19. The van der Waals surface area contributed by atoms with Gasteiger partial charge in [0.05, 0.1) is 12.1 Å². The summed E-state index contributed by atoms with van der Waals surface area (Å²) in [5, 5.41) is 23.8. The first-order valence-electron chi connectivity index (χ1n) is 5.59. The number of β-amino-alcohol motifs (C(OH)–C–C–N with tert-alkyl or cyclic N) is 1. The summed E-state index contributed by atoms with van der Waals surface area (Å²) in [7, 11) is 0. The Morgan fingerprint density at radius 1 is 1.53 bits per heavy atom. The topological polar surface area (TPSA) is 98.7 Å². The number of hydrogen-bond acceptors (Lipinski definition) is 4. The minimum absolute atomic E-state index is 0.213. The predicted molar refractivity (Wildman–Crippen MR) is 59.2 cm³/mol. The zero-order valence-electron chi connectivity index (χ0n) is 9.35. The number of aliphatic hydroxyl groups is 1. The van der Waals surface area contributed by atoms with Crippen LogP contribution in [0.15, 0.2) is 12.7 Å². The van der Waals surface area contributed by atoms with E-state index in [0.717, 1.165) is 0 Å². The van der Waals surface area contributed by atoms with E-state index in [0.29, 0.717) is 19.4 Å². The lowest BCUT2D eigenvalue weighted by Gasteiger charge is -2.17. The Hall–Kier alpha value is -1.40. The second kappa shape index (κ2) is 4.12. The van der Waals surface area contributed by atoms with Gasteiger partial charge in [-0.25, -0.2) is 4.79 Å². The van der Waals surface area contributed by atoms with Crippen LogP contribution in [0, 0.1) is 5.92 Å². The molecule has 0 aromatic carbocycles. The van der Waals surface area contributed by atoms with E-state index in [1.54, 1.807) is 6.08 Å². The van der Waals surface area contributed by atoms with Gasteiger partial charge in [-0.3, -0.25) is 4.79 Å². The Morgan fingerprint density at radius 3 is 2.65 bits per heavy atom. The SMILES string of the molecule is C=CC1CC1(NC(=O)C1CC(O)CN1)C(=O)O. The van der Waals surface area contributed by atoms with Gasteiger partial charge in [0.1, 0.15) is 5.54 Å². The highest BCUT2D eigenvalue weighted by molar-refractivity contribution is 5.92. The second-order valence-electron chi connectivity index (χ2n) is 4.66. The largest absolute Gasteiger partial charge is 0.479 e. The van der Waals surface area contributed by atoms with E-state index in [1.165, 1.54) is 0 Å². The smallest absolute Gasteiger partial charge is 0.330 e. The summed E-state index contributed by atoms with van der Waals surface area (Å²) in [6.07, 6.45) is 1.71. The first-order valence-corrected chi connectivity index (χ1v) is 5.59. The van der Waals surface area contributed by atoms with Gasteiger partial charge in [0, 0.05) is 12.5 Å². The number of carbonyl (C=O) groups is 2. The molecule has 1 amide bonds. The van der Waals surface area contributed by atoms with Crippen LogP contribution >= 0.6 is 0 Å². The Morgan fingerprint density at radius 2 is 2.24 bits per heavy atom. The highest BCUT2D eigenvalue weighted by atomic mass is 16.4. The molecule has 6 heteroatoms. The number of aliphatic carboxylic acids is 1. The fourth-order valence-electron chi connectivity index (χ4n) is 2.24. The minimum atomic E-state index is -1.19. The lowest BCUT2D eigenvalue weighted by Crippen LogP contribution is -2.51. The van der Waals surface area contributed by atoms with Crippen LogP contribution in [0.2, 0.25) is 0 Å². The van der Waals surface area contributed by atoms with Crippen LogP contribution in [0.1, 0.15) is 12.8 Å². The normalized spacial score (nSPS) is 39.7. The van der Waals surface area contributed by atoms with Crippen molar-refractivity contribution in [3.05, 3.63) is 12.7 Å². The Labute approximate surface area is 98.7 Å². The summed E-state index contributed by atoms with van der Waals surface area (Å²) in [4.78, 5) is 23.0. The van der Waals surface area contributed by atoms with Crippen molar-refractivity contribution in [1.82, 2.24) is 10.6 Å². The maximum atomic E-state index is 11.8. The Kier molecular flexibility index (Phi) is 2.92. The van der Waals surface area contributed by atoms with Crippen molar-refractivity contribution >= 4 is 11.9 Å². The van der Waals surface area contributed by atoms with Crippen molar-refractivity contribution in [1.29, 1.82) is 0 Å². The minimum Gasteiger partial charge on any atom is -0.479 e. The fraction of sp³-hybridized carbons (Fsp3) is 0.636. The molecule has 1 saturated carbocycles. The first-order chi connectivity index (χ1) is 7.99. The van der Waals surface area contributed by atoms with Gasteiger partial charge >= 0.3 is 5.97 Å². The van der Waals surface area contributed by atoms with Crippen molar-refractivity contribution < 1.29 is 19.8 Å². The van der Waals surface area contributed by atoms with Crippen molar-refractivity contribution in [3.8, 4) is 0 Å². The molecule has 2 aliphatic rings. The highest BCUT2D eigenvalue weighted by Gasteiger charge is 2.60. The van der Waals surface area contributed by atoms with Crippen LogP contribution in [-0.4, -0.2) is 46.3 Å². The molecule has 1 aliphatic carbocycles. The average molecular weight is 240 g/mol. The molecule has 1 saturated heterocycles. The highest BCUT2D eigenvalue weighted by Crippen LogP contribution is 2.44. The maximum Gasteiger partial charge on any atom is 0.330 e. The zero-order valence-corrected chi connectivity index (χ0v) is 9.35. The second-order valence-corrected chi connectivity index (χ2v) is 4.66. The van der Waals surface area contributed by atoms with E-state index < -0.39 is 23.7 Å². The molecule has 94 valence electrons. The molecule has 4 atom stereocenters. The van der Waals surface area contributed by atoms with Gasteiger partial charge in [-0.05, 0) is 12.8 Å². The quantitative estimate of drug-likeness (QED) is 0.465. The third kappa shape index (κ3) is 2.05. The summed E-state index contributed by atoms with van der Waals surface area (Å²) in [5.74, 6) is -1.61. The van der Waals surface area contributed by atoms with Gasteiger partial charge in [-0.15, -0.1) is 6.58 Å². The number of hydrogen-bond donors (Lipinski definition) is 4. The van der Waals surface area contributed by atoms with E-state index >= 15 is 0 Å². The number of amides is 1. The maximum absolute atomic E-state index is 11.8. The third-order valence-corrected chi connectivity index (χ3v) is 3.45. The van der Waals surface area contributed by atoms with Crippen LogP contribution in [0.25, 0.3) is 0 Å². The molecule has 0 radical (unpaired) electrons. The van der Waals surface area contributed by atoms with Crippen molar-refractivity contribution in [2.75, 3.05) is 6.54 Å². The van der Waals surface area contributed by atoms with Crippen molar-refractivity contribution in [2.45, 2.75) is 30.5 Å². The van der Waals surface area contributed by atoms with E-state index in [4.69, 9.17) is 5.11 Å². The Bertz CT molecular complexity index is 370. The third-order valence-electron chi connectivity index (χ3n) is 3.45. The fourth-order valence-corrected chi connectivity index (χ4v) is 2.24. The van der Waals surface area contributed by atoms with Gasteiger partial charge in [-0.1, -0.05) is 6.08 Å². The monoisotopic (exact) mass is 240 g/mol. The van der Waals surface area contributed by atoms with Gasteiger partial charge < -0.3 is 20.8 Å². The van der Waals surface area contributed by atoms with Crippen molar-refractivity contribution in [3.63, 3.8) is 0 Å². The number of rotatable bonds is 4. The molecule has 1 heterocycles. The number of aliphatic hydroxyl groups excluding tert-OH is 1. The van der Waals surface area contributed by atoms with Crippen LogP contribution in [0.3, 0.4) is 0 Å². The summed E-state index contributed by atoms with van der Waals surface area (Å²) < 4.78 is 0. The first kappa shape index (κ1) is 12.1. The van der Waals surface area contributed by atoms with Crippen LogP contribution < -0.4 is 10.6 Å². The molecule has 0 spiro atoms. The van der Waals surface area contributed by atoms with Crippen molar-refractivity contribution in [2.24, 2.45) is 5.92 Å². The molecule has 6 nitrogen and oxygen atoms in total. The van der Waals surface area contributed by atoms with E-state index in [9.17, 15) is 14.7 Å². The van der Waals surface area contributed by atoms with E-state index in [-0.39, 0.29) is 11.8 Å². The summed E-state index contributed by atoms with van der Waals surface area (Å²) >= 11 is 0. The number of carboxylic acids is 1. The number of carboxylic acid groups (broad SMARTS) is 1. The molecule has 17 heavy (non-hydrogen) atoms. The summed E-state index contributed by atoms with van der Waals surface area (Å²) in [6.45, 7) is 3.91. The average Bonchev–Trinajstić information content (AvgIpc) is 2.82. The van der Waals surface area contributed by atoms with Gasteiger partial charge in [0.25, 0.3) is 0 Å². The number of carbonyl (C=O) groups excluding carboxylic acids is 1. The molecule has 0 aromatic rings. The zero-order chi connectivity index (χ0) is 12.6. The van der Waals surface area contributed by atoms with Crippen LogP contribution in [0.4, 0.5) is 0 Å². The molecular weight excluding hydrogens is 224 g/mol. The Balaban J connectivity index is 1.98. The lowest BCUT2D eigenvalue weighted by atomic mass is 10.1. The molecule has 4 unspecified atom stereocenters. The van der Waals surface area contributed by atoms with Gasteiger partial charge in [-0.2, -0.15) is 0 Å². The molecule has 4 N–H and O–H groups in total. The van der Waals surface area contributed by atoms with E-state index in [1.807, 2.05) is 0 Å². The molecule has 0 aromatic heterocycles. The van der Waals surface area contributed by atoms with Crippen LogP contribution in [0.5, 0.6) is 0 Å². The van der Waals surface area contributed by atoms with Gasteiger partial charge in [0.2, 0.25) is 5.91 Å². The lowest BCUT2D eigenvalue weighted by molar-refractivity contribution is -0.143.